The van der Waals surface area contributed by atoms with Gasteiger partial charge in [-0.1, -0.05) is 11.6 Å². The van der Waals surface area contributed by atoms with E-state index in [0.717, 1.165) is 4.47 Å². The highest BCUT2D eigenvalue weighted by molar-refractivity contribution is 9.10. The zero-order chi connectivity index (χ0) is 9.14. The van der Waals surface area contributed by atoms with E-state index in [0.29, 0.717) is 16.5 Å². The lowest BCUT2D eigenvalue weighted by Crippen LogP contribution is -1.88. The third-order valence-corrected chi connectivity index (χ3v) is 2.34. The molecule has 1 rings (SSSR count). The van der Waals surface area contributed by atoms with Crippen LogP contribution in [0.15, 0.2) is 16.6 Å². The van der Waals surface area contributed by atoms with Crippen LogP contribution in [0.1, 0.15) is 0 Å². The number of halogens is 2. The average molecular weight is 252 g/mol. The summed E-state index contributed by atoms with van der Waals surface area (Å²) in [4.78, 5) is 0. The van der Waals surface area contributed by atoms with E-state index in [2.05, 4.69) is 15.9 Å². The zero-order valence-electron chi connectivity index (χ0n) is 6.73. The summed E-state index contributed by atoms with van der Waals surface area (Å²) in [5.74, 6) is 1.31. The lowest BCUT2D eigenvalue weighted by molar-refractivity contribution is 0.393. The smallest absolute Gasteiger partial charge is 0.141 e. The zero-order valence-corrected chi connectivity index (χ0v) is 9.07. The van der Waals surface area contributed by atoms with E-state index in [-0.39, 0.29) is 0 Å². The predicted octanol–water partition coefficient (Wildman–Crippen LogP) is 3.12. The van der Waals surface area contributed by atoms with Gasteiger partial charge in [-0.2, -0.15) is 0 Å². The fourth-order valence-electron chi connectivity index (χ4n) is 0.823. The first-order valence-electron chi connectivity index (χ1n) is 3.26. The van der Waals surface area contributed by atoms with Crippen LogP contribution in [0.4, 0.5) is 0 Å². The molecule has 0 radical (unpaired) electrons. The first-order valence-corrected chi connectivity index (χ1v) is 4.43. The van der Waals surface area contributed by atoms with Gasteiger partial charge in [0.25, 0.3) is 0 Å². The van der Waals surface area contributed by atoms with Crippen molar-refractivity contribution in [2.24, 2.45) is 0 Å². The van der Waals surface area contributed by atoms with Gasteiger partial charge in [0.1, 0.15) is 11.5 Å². The Kier molecular flexibility index (Phi) is 3.23. The molecule has 0 saturated heterocycles. The third kappa shape index (κ3) is 1.84. The molecule has 0 amide bonds. The van der Waals surface area contributed by atoms with Crippen LogP contribution in [0.3, 0.4) is 0 Å². The minimum absolute atomic E-state index is 0.560. The molecule has 4 heteroatoms. The number of hydrogen-bond acceptors (Lipinski definition) is 2. The Bertz CT molecular complexity index is 263. The summed E-state index contributed by atoms with van der Waals surface area (Å²) in [6, 6.07) is 3.46. The minimum atomic E-state index is 0.560. The Labute approximate surface area is 84.6 Å². The van der Waals surface area contributed by atoms with Crippen molar-refractivity contribution in [2.45, 2.75) is 0 Å². The summed E-state index contributed by atoms with van der Waals surface area (Å²) < 4.78 is 10.9. The van der Waals surface area contributed by atoms with Gasteiger partial charge in [-0.15, -0.1) is 0 Å². The summed E-state index contributed by atoms with van der Waals surface area (Å²) >= 11 is 9.15. The van der Waals surface area contributed by atoms with Gasteiger partial charge in [-0.3, -0.25) is 0 Å². The third-order valence-electron chi connectivity index (χ3n) is 1.43. The standard InChI is InChI=1S/C8H8BrClO2/c1-11-7-4-8(12-2)6(10)3-5(7)9/h3-4H,1-2H3. The lowest BCUT2D eigenvalue weighted by Gasteiger charge is -2.07. The highest BCUT2D eigenvalue weighted by Crippen LogP contribution is 2.35. The van der Waals surface area contributed by atoms with Gasteiger partial charge in [-0.05, 0) is 22.0 Å². The van der Waals surface area contributed by atoms with E-state index < -0.39 is 0 Å². The maximum Gasteiger partial charge on any atom is 0.141 e. The van der Waals surface area contributed by atoms with Crippen molar-refractivity contribution in [3.63, 3.8) is 0 Å². The summed E-state index contributed by atoms with van der Waals surface area (Å²) in [6.45, 7) is 0. The van der Waals surface area contributed by atoms with Crippen LogP contribution in [0.2, 0.25) is 5.02 Å². The SMILES string of the molecule is COc1cc(OC)c(Br)cc1Cl. The second kappa shape index (κ2) is 4.01. The Hall–Kier alpha value is -0.410. The van der Waals surface area contributed by atoms with E-state index in [4.69, 9.17) is 21.1 Å². The molecule has 0 spiro atoms. The maximum absolute atomic E-state index is 5.85. The van der Waals surface area contributed by atoms with Gasteiger partial charge in [0.05, 0.1) is 23.7 Å². The van der Waals surface area contributed by atoms with Crippen molar-refractivity contribution in [3.8, 4) is 11.5 Å². The number of benzene rings is 1. The minimum Gasteiger partial charge on any atom is -0.495 e. The summed E-state index contributed by atoms with van der Waals surface area (Å²) in [6.07, 6.45) is 0. The van der Waals surface area contributed by atoms with Crippen molar-refractivity contribution in [1.82, 2.24) is 0 Å². The Morgan fingerprint density at radius 1 is 1.17 bits per heavy atom. The number of rotatable bonds is 2. The molecule has 2 nitrogen and oxygen atoms in total. The van der Waals surface area contributed by atoms with Crippen LogP contribution >= 0.6 is 27.5 Å². The molecule has 0 aliphatic heterocycles. The van der Waals surface area contributed by atoms with E-state index >= 15 is 0 Å². The normalized spacial score (nSPS) is 9.67. The lowest BCUT2D eigenvalue weighted by atomic mass is 10.3. The van der Waals surface area contributed by atoms with Crippen molar-refractivity contribution >= 4 is 27.5 Å². The van der Waals surface area contributed by atoms with E-state index in [9.17, 15) is 0 Å². The van der Waals surface area contributed by atoms with Crippen molar-refractivity contribution in [3.05, 3.63) is 21.6 Å². The van der Waals surface area contributed by atoms with Gasteiger partial charge < -0.3 is 9.47 Å². The summed E-state index contributed by atoms with van der Waals surface area (Å²) in [5.41, 5.74) is 0. The largest absolute Gasteiger partial charge is 0.495 e. The molecule has 0 aliphatic rings. The van der Waals surface area contributed by atoms with Gasteiger partial charge in [0.2, 0.25) is 0 Å². The van der Waals surface area contributed by atoms with Gasteiger partial charge in [-0.25, -0.2) is 0 Å². The van der Waals surface area contributed by atoms with Crippen LogP contribution in [-0.4, -0.2) is 14.2 Å². The molecule has 12 heavy (non-hydrogen) atoms. The van der Waals surface area contributed by atoms with E-state index in [1.807, 2.05) is 0 Å². The molecule has 0 atom stereocenters. The molecule has 66 valence electrons. The molecule has 1 aromatic carbocycles. The van der Waals surface area contributed by atoms with Crippen molar-refractivity contribution < 1.29 is 9.47 Å². The quantitative estimate of drug-likeness (QED) is 0.804. The molecule has 0 aliphatic carbocycles. The molecule has 1 aromatic rings. The molecule has 0 N–H and O–H groups in total. The van der Waals surface area contributed by atoms with Crippen molar-refractivity contribution in [1.29, 1.82) is 0 Å². The monoisotopic (exact) mass is 250 g/mol. The molecule has 0 aromatic heterocycles. The molecule has 0 fully saturated rings. The molecular formula is C8H8BrClO2. The number of hydrogen-bond donors (Lipinski definition) is 0. The Morgan fingerprint density at radius 2 is 1.75 bits per heavy atom. The van der Waals surface area contributed by atoms with Gasteiger partial charge in [0, 0.05) is 6.07 Å². The van der Waals surface area contributed by atoms with Gasteiger partial charge >= 0.3 is 0 Å². The maximum atomic E-state index is 5.85. The van der Waals surface area contributed by atoms with Crippen LogP contribution in [0.25, 0.3) is 0 Å². The molecule has 0 unspecified atom stereocenters. The van der Waals surface area contributed by atoms with E-state index in [1.54, 1.807) is 26.4 Å². The molecule has 0 bridgehead atoms. The highest BCUT2D eigenvalue weighted by Gasteiger charge is 2.06. The predicted molar refractivity (Wildman–Crippen MR) is 52.3 cm³/mol. The van der Waals surface area contributed by atoms with Crippen LogP contribution in [0.5, 0.6) is 11.5 Å². The number of methoxy groups -OCH3 is 2. The van der Waals surface area contributed by atoms with Crippen LogP contribution in [-0.2, 0) is 0 Å². The molecular weight excluding hydrogens is 243 g/mol. The highest BCUT2D eigenvalue weighted by atomic mass is 79.9. The second-order valence-corrected chi connectivity index (χ2v) is 3.38. The first kappa shape index (κ1) is 9.68. The average Bonchev–Trinajstić information content (AvgIpc) is 2.05. The molecule has 0 saturated carbocycles. The van der Waals surface area contributed by atoms with Crippen molar-refractivity contribution in [2.75, 3.05) is 14.2 Å². The van der Waals surface area contributed by atoms with Crippen LogP contribution in [0, 0.1) is 0 Å². The second-order valence-electron chi connectivity index (χ2n) is 2.12. The van der Waals surface area contributed by atoms with Crippen LogP contribution < -0.4 is 9.47 Å². The van der Waals surface area contributed by atoms with E-state index in [1.165, 1.54) is 0 Å². The topological polar surface area (TPSA) is 18.5 Å². The van der Waals surface area contributed by atoms with Gasteiger partial charge in [0.15, 0.2) is 0 Å². The fourth-order valence-corrected chi connectivity index (χ4v) is 1.70. The summed E-state index contributed by atoms with van der Waals surface area (Å²) in [5, 5.41) is 0.560. The Morgan fingerprint density at radius 3 is 2.25 bits per heavy atom. The Balaban J connectivity index is 3.18. The summed E-state index contributed by atoms with van der Waals surface area (Å²) in [7, 11) is 3.15. The fraction of sp³-hybridized carbons (Fsp3) is 0.250. The first-order chi connectivity index (χ1) is 5.69. The molecule has 0 heterocycles. The number of ether oxygens (including phenoxy) is 2.